The maximum atomic E-state index is 12.5. The van der Waals surface area contributed by atoms with Gasteiger partial charge in [0.1, 0.15) is 0 Å². The van der Waals surface area contributed by atoms with E-state index in [9.17, 15) is 8.42 Å². The first-order valence-electron chi connectivity index (χ1n) is 6.72. The highest BCUT2D eigenvalue weighted by Gasteiger charge is 2.37. The summed E-state index contributed by atoms with van der Waals surface area (Å²) in [7, 11) is -3.48. The molecule has 0 radical (unpaired) electrons. The van der Waals surface area contributed by atoms with Crippen LogP contribution >= 0.6 is 31.9 Å². The van der Waals surface area contributed by atoms with E-state index in [1.165, 1.54) is 0 Å². The lowest BCUT2D eigenvalue weighted by Gasteiger charge is -2.38. The summed E-state index contributed by atoms with van der Waals surface area (Å²) >= 11 is 6.81. The first kappa shape index (κ1) is 16.5. The van der Waals surface area contributed by atoms with Gasteiger partial charge in [0.25, 0.3) is 0 Å². The number of sulfonamides is 1. The van der Waals surface area contributed by atoms with Crippen LogP contribution in [0.4, 0.5) is 0 Å². The van der Waals surface area contributed by atoms with Crippen molar-refractivity contribution >= 4 is 41.9 Å². The Morgan fingerprint density at radius 2 is 2.00 bits per heavy atom. The SMILES string of the molecule is CC1CCC(CBr)(NS(=O)(=O)c2cccc(Br)c2)CC1. The van der Waals surface area contributed by atoms with Crippen LogP contribution in [0.15, 0.2) is 33.6 Å². The maximum absolute atomic E-state index is 12.5. The van der Waals surface area contributed by atoms with Gasteiger partial charge < -0.3 is 0 Å². The summed E-state index contributed by atoms with van der Waals surface area (Å²) in [5.74, 6) is 0.678. The Balaban J connectivity index is 2.22. The fraction of sp³-hybridized carbons (Fsp3) is 0.571. The van der Waals surface area contributed by atoms with Crippen molar-refractivity contribution in [3.63, 3.8) is 0 Å². The minimum Gasteiger partial charge on any atom is -0.207 e. The summed E-state index contributed by atoms with van der Waals surface area (Å²) in [4.78, 5) is 0.311. The van der Waals surface area contributed by atoms with Crippen LogP contribution in [0.1, 0.15) is 32.6 Å². The molecule has 1 saturated carbocycles. The highest BCUT2D eigenvalue weighted by atomic mass is 79.9. The number of rotatable bonds is 4. The molecule has 0 saturated heterocycles. The van der Waals surface area contributed by atoms with Crippen molar-refractivity contribution in [1.82, 2.24) is 4.72 Å². The van der Waals surface area contributed by atoms with Gasteiger partial charge in [-0.25, -0.2) is 13.1 Å². The first-order valence-corrected chi connectivity index (χ1v) is 10.1. The zero-order chi connectivity index (χ0) is 14.8. The average Bonchev–Trinajstić information content (AvgIpc) is 2.41. The molecule has 3 nitrogen and oxygen atoms in total. The number of halogens is 2. The largest absolute Gasteiger partial charge is 0.241 e. The van der Waals surface area contributed by atoms with Crippen LogP contribution in [0.25, 0.3) is 0 Å². The molecular weight excluding hydrogens is 406 g/mol. The Labute approximate surface area is 137 Å². The molecule has 1 aromatic rings. The summed E-state index contributed by atoms with van der Waals surface area (Å²) in [6.07, 6.45) is 3.89. The average molecular weight is 425 g/mol. The second-order valence-corrected chi connectivity index (χ2v) is 8.82. The van der Waals surface area contributed by atoms with E-state index in [1.807, 2.05) is 6.07 Å². The van der Waals surface area contributed by atoms with Gasteiger partial charge in [0.15, 0.2) is 0 Å². The van der Waals surface area contributed by atoms with Crippen molar-refractivity contribution in [2.75, 3.05) is 5.33 Å². The number of benzene rings is 1. The van der Waals surface area contributed by atoms with Gasteiger partial charge in [-0.1, -0.05) is 44.8 Å². The van der Waals surface area contributed by atoms with Crippen LogP contribution in [0.3, 0.4) is 0 Å². The molecule has 1 aliphatic rings. The summed E-state index contributed by atoms with van der Waals surface area (Å²) < 4.78 is 28.8. The lowest BCUT2D eigenvalue weighted by molar-refractivity contribution is 0.250. The molecule has 1 N–H and O–H groups in total. The second-order valence-electron chi connectivity index (χ2n) is 5.66. The normalized spacial score (nSPS) is 27.4. The molecule has 0 amide bonds. The second kappa shape index (κ2) is 6.46. The standard InChI is InChI=1S/C14H19Br2NO2S/c1-11-5-7-14(10-15,8-6-11)17-20(18,19)13-4-2-3-12(16)9-13/h2-4,9,11,17H,5-8,10H2,1H3. The Bertz CT molecular complexity index is 566. The maximum Gasteiger partial charge on any atom is 0.241 e. The summed E-state index contributed by atoms with van der Waals surface area (Å²) in [6.45, 7) is 2.22. The molecule has 1 fully saturated rings. The van der Waals surface area contributed by atoms with Gasteiger partial charge in [0, 0.05) is 15.3 Å². The molecule has 0 aliphatic heterocycles. The highest BCUT2D eigenvalue weighted by molar-refractivity contribution is 9.10. The lowest BCUT2D eigenvalue weighted by atomic mass is 9.79. The van der Waals surface area contributed by atoms with Crippen molar-refractivity contribution < 1.29 is 8.42 Å². The van der Waals surface area contributed by atoms with Crippen LogP contribution in [0.5, 0.6) is 0 Å². The summed E-state index contributed by atoms with van der Waals surface area (Å²) in [5, 5.41) is 0.653. The molecule has 0 spiro atoms. The van der Waals surface area contributed by atoms with Crippen LogP contribution < -0.4 is 4.72 Å². The van der Waals surface area contributed by atoms with Gasteiger partial charge in [-0.2, -0.15) is 0 Å². The quantitative estimate of drug-likeness (QED) is 0.740. The Hall–Kier alpha value is 0.0900. The smallest absolute Gasteiger partial charge is 0.207 e. The Morgan fingerprint density at radius 1 is 1.35 bits per heavy atom. The van der Waals surface area contributed by atoms with Crippen molar-refractivity contribution in [2.24, 2.45) is 5.92 Å². The molecule has 0 aromatic heterocycles. The van der Waals surface area contributed by atoms with E-state index in [2.05, 4.69) is 43.5 Å². The minimum absolute atomic E-state index is 0.311. The van der Waals surface area contributed by atoms with Gasteiger partial charge in [0.05, 0.1) is 4.90 Å². The van der Waals surface area contributed by atoms with E-state index in [4.69, 9.17) is 0 Å². The van der Waals surface area contributed by atoms with Crippen molar-refractivity contribution in [3.05, 3.63) is 28.7 Å². The number of alkyl halides is 1. The van der Waals surface area contributed by atoms with Gasteiger partial charge in [-0.3, -0.25) is 0 Å². The summed E-state index contributed by atoms with van der Waals surface area (Å²) in [5.41, 5.74) is -0.354. The fourth-order valence-corrected chi connectivity index (χ4v) is 5.50. The van der Waals surface area contributed by atoms with E-state index >= 15 is 0 Å². The molecule has 6 heteroatoms. The van der Waals surface area contributed by atoms with Crippen LogP contribution in [-0.2, 0) is 10.0 Å². The third-order valence-corrected chi connectivity index (χ3v) is 7.09. The molecule has 20 heavy (non-hydrogen) atoms. The fourth-order valence-electron chi connectivity index (χ4n) is 2.56. The summed E-state index contributed by atoms with van der Waals surface area (Å²) in [6, 6.07) is 6.82. The predicted molar refractivity (Wildman–Crippen MR) is 88.6 cm³/mol. The first-order chi connectivity index (χ1) is 9.37. The Morgan fingerprint density at radius 3 is 2.55 bits per heavy atom. The molecule has 2 rings (SSSR count). The Kier molecular flexibility index (Phi) is 5.32. The molecule has 112 valence electrons. The van der Waals surface area contributed by atoms with Crippen LogP contribution in [0.2, 0.25) is 0 Å². The van der Waals surface area contributed by atoms with Gasteiger partial charge in [-0.05, 0) is 49.8 Å². The van der Waals surface area contributed by atoms with E-state index in [0.717, 1.165) is 30.2 Å². The zero-order valence-corrected chi connectivity index (χ0v) is 15.4. The number of hydrogen-bond acceptors (Lipinski definition) is 2. The van der Waals surface area contributed by atoms with Gasteiger partial charge in [-0.15, -0.1) is 0 Å². The van der Waals surface area contributed by atoms with E-state index in [1.54, 1.807) is 18.2 Å². The predicted octanol–water partition coefficient (Wildman–Crippen LogP) is 4.07. The van der Waals surface area contributed by atoms with E-state index < -0.39 is 10.0 Å². The molecule has 0 atom stereocenters. The molecular formula is C14H19Br2NO2S. The van der Waals surface area contributed by atoms with Crippen LogP contribution in [-0.4, -0.2) is 19.3 Å². The highest BCUT2D eigenvalue weighted by Crippen LogP contribution is 2.34. The lowest BCUT2D eigenvalue weighted by Crippen LogP contribution is -2.51. The third-order valence-electron chi connectivity index (χ3n) is 3.94. The zero-order valence-electron chi connectivity index (χ0n) is 11.4. The van der Waals surface area contributed by atoms with Crippen LogP contribution in [0, 0.1) is 5.92 Å². The molecule has 0 bridgehead atoms. The minimum atomic E-state index is -3.48. The molecule has 0 unspecified atom stereocenters. The van der Waals surface area contributed by atoms with Crippen molar-refractivity contribution in [2.45, 2.75) is 43.0 Å². The number of hydrogen-bond donors (Lipinski definition) is 1. The molecule has 1 aliphatic carbocycles. The third kappa shape index (κ3) is 3.84. The van der Waals surface area contributed by atoms with Crippen molar-refractivity contribution in [3.8, 4) is 0 Å². The van der Waals surface area contributed by atoms with E-state index in [-0.39, 0.29) is 5.54 Å². The van der Waals surface area contributed by atoms with E-state index in [0.29, 0.717) is 16.1 Å². The number of nitrogens with one attached hydrogen (secondary N) is 1. The molecule has 0 heterocycles. The van der Waals surface area contributed by atoms with Gasteiger partial charge in [0.2, 0.25) is 10.0 Å². The van der Waals surface area contributed by atoms with Crippen molar-refractivity contribution in [1.29, 1.82) is 0 Å². The molecule has 1 aromatic carbocycles. The van der Waals surface area contributed by atoms with Gasteiger partial charge >= 0.3 is 0 Å². The topological polar surface area (TPSA) is 46.2 Å². The monoisotopic (exact) mass is 423 g/mol.